The quantitative estimate of drug-likeness (QED) is 0.0868. The Morgan fingerprint density at radius 1 is 1.00 bits per heavy atom. The molecule has 4 aromatic rings. The Morgan fingerprint density at radius 3 is 2.55 bits per heavy atom. The Labute approximate surface area is 241 Å². The van der Waals surface area contributed by atoms with Crippen molar-refractivity contribution in [2.45, 2.75) is 6.54 Å². The molecule has 0 saturated heterocycles. The number of nitrogens with zero attached hydrogens (tertiary/aromatic N) is 2. The second kappa shape index (κ2) is 14.6. The standard InChI is InChI=1S/C29H27FN6O2S2/c1-2-26(37)33-22-9-6-10-23(17-22)34-27-25(30)19-31-28(36-27)35-21-11-13-24(14-12-21)38-15-16-40-29(39)32-18-20-7-4-3-5-8-20/h2-14,17,19H,1,15-16,18H2,(H,32,39)(H,33,37)(H2,31,34,35,36). The average Bonchev–Trinajstić information content (AvgIpc) is 2.97. The van der Waals surface area contributed by atoms with Gasteiger partial charge in [-0.25, -0.2) is 9.37 Å². The van der Waals surface area contributed by atoms with Gasteiger partial charge in [-0.3, -0.25) is 4.79 Å². The fourth-order valence-corrected chi connectivity index (χ4v) is 4.25. The van der Waals surface area contributed by atoms with Crippen molar-refractivity contribution < 1.29 is 13.9 Å². The lowest BCUT2D eigenvalue weighted by molar-refractivity contribution is -0.111. The first-order valence-electron chi connectivity index (χ1n) is 12.3. The van der Waals surface area contributed by atoms with Crippen LogP contribution >= 0.6 is 24.0 Å². The van der Waals surface area contributed by atoms with Crippen LogP contribution in [0.1, 0.15) is 5.56 Å². The van der Waals surface area contributed by atoms with Crippen LogP contribution < -0.4 is 26.0 Å². The third-order valence-corrected chi connectivity index (χ3v) is 6.57. The first-order valence-corrected chi connectivity index (χ1v) is 13.7. The van der Waals surface area contributed by atoms with Crippen LogP contribution in [0.3, 0.4) is 0 Å². The van der Waals surface area contributed by atoms with Crippen LogP contribution in [-0.4, -0.2) is 32.6 Å². The van der Waals surface area contributed by atoms with Gasteiger partial charge in [-0.15, -0.1) is 0 Å². The average molecular weight is 575 g/mol. The number of halogens is 1. The van der Waals surface area contributed by atoms with Gasteiger partial charge in [0.1, 0.15) is 10.1 Å². The van der Waals surface area contributed by atoms with E-state index in [1.165, 1.54) is 23.4 Å². The number of rotatable bonds is 12. The maximum atomic E-state index is 14.4. The lowest BCUT2D eigenvalue weighted by atomic mass is 10.2. The second-order valence-corrected chi connectivity index (χ2v) is 10.0. The molecule has 3 aromatic carbocycles. The summed E-state index contributed by atoms with van der Waals surface area (Å²) < 4.78 is 20.9. The molecule has 0 radical (unpaired) electrons. The number of hydrogen-bond donors (Lipinski definition) is 4. The lowest BCUT2D eigenvalue weighted by Gasteiger charge is -2.11. The maximum Gasteiger partial charge on any atom is 0.247 e. The van der Waals surface area contributed by atoms with Crippen molar-refractivity contribution in [3.05, 3.63) is 109 Å². The molecule has 8 nitrogen and oxygen atoms in total. The highest BCUT2D eigenvalue weighted by Gasteiger charge is 2.09. The summed E-state index contributed by atoms with van der Waals surface area (Å²) in [5, 5.41) is 11.9. The SMILES string of the molecule is C=CC(=O)Nc1cccc(Nc2nc(Nc3ccc(OCCSC(=S)NCc4ccccc4)cc3)ncc2F)c1. The first kappa shape index (κ1) is 28.5. The number of hydrogen-bond acceptors (Lipinski definition) is 8. The zero-order valence-electron chi connectivity index (χ0n) is 21.4. The molecular weight excluding hydrogens is 547 g/mol. The highest BCUT2D eigenvalue weighted by atomic mass is 32.2. The van der Waals surface area contributed by atoms with Crippen LogP contribution in [0.15, 0.2) is 97.7 Å². The normalized spacial score (nSPS) is 10.3. The van der Waals surface area contributed by atoms with Gasteiger partial charge < -0.3 is 26.0 Å². The molecule has 0 aliphatic carbocycles. The molecule has 0 atom stereocenters. The van der Waals surface area contributed by atoms with E-state index in [0.717, 1.165) is 10.5 Å². The summed E-state index contributed by atoms with van der Waals surface area (Å²) in [5.41, 5.74) is 2.96. The van der Waals surface area contributed by atoms with Gasteiger partial charge in [-0.2, -0.15) is 4.98 Å². The van der Waals surface area contributed by atoms with Crippen LogP contribution in [-0.2, 0) is 11.3 Å². The van der Waals surface area contributed by atoms with Crippen molar-refractivity contribution in [2.24, 2.45) is 0 Å². The van der Waals surface area contributed by atoms with Gasteiger partial charge >= 0.3 is 0 Å². The lowest BCUT2D eigenvalue weighted by Crippen LogP contribution is -2.18. The monoisotopic (exact) mass is 574 g/mol. The maximum absolute atomic E-state index is 14.4. The van der Waals surface area contributed by atoms with E-state index in [9.17, 15) is 9.18 Å². The van der Waals surface area contributed by atoms with E-state index < -0.39 is 5.82 Å². The van der Waals surface area contributed by atoms with Gasteiger partial charge in [0.05, 0.1) is 12.8 Å². The summed E-state index contributed by atoms with van der Waals surface area (Å²) in [6.07, 6.45) is 2.25. The van der Waals surface area contributed by atoms with E-state index >= 15 is 0 Å². The molecule has 0 unspecified atom stereocenters. The Hall–Kier alpha value is -4.48. The fraction of sp³-hybridized carbons (Fsp3) is 0.103. The molecule has 40 heavy (non-hydrogen) atoms. The van der Waals surface area contributed by atoms with Crippen molar-refractivity contribution in [1.82, 2.24) is 15.3 Å². The van der Waals surface area contributed by atoms with Crippen molar-refractivity contribution in [2.75, 3.05) is 28.3 Å². The number of benzene rings is 3. The minimum Gasteiger partial charge on any atom is -0.493 e. The Bertz CT molecular complexity index is 1450. The minimum absolute atomic E-state index is 0.0154. The Kier molecular flexibility index (Phi) is 10.4. The highest BCUT2D eigenvalue weighted by molar-refractivity contribution is 8.22. The van der Waals surface area contributed by atoms with E-state index in [4.69, 9.17) is 17.0 Å². The summed E-state index contributed by atoms with van der Waals surface area (Å²) in [5.74, 6) is 0.647. The van der Waals surface area contributed by atoms with Gasteiger partial charge in [0, 0.05) is 29.4 Å². The van der Waals surface area contributed by atoms with E-state index in [0.29, 0.717) is 41.7 Å². The topological polar surface area (TPSA) is 100 Å². The van der Waals surface area contributed by atoms with Gasteiger partial charge in [0.25, 0.3) is 0 Å². The zero-order valence-corrected chi connectivity index (χ0v) is 23.0. The van der Waals surface area contributed by atoms with Crippen LogP contribution in [0.4, 0.5) is 33.2 Å². The van der Waals surface area contributed by atoms with Crippen molar-refractivity contribution in [3.8, 4) is 5.75 Å². The predicted molar refractivity (Wildman–Crippen MR) is 164 cm³/mol. The molecule has 0 aliphatic rings. The summed E-state index contributed by atoms with van der Waals surface area (Å²) >= 11 is 6.91. The molecule has 0 aliphatic heterocycles. The van der Waals surface area contributed by atoms with E-state index in [-0.39, 0.29) is 17.7 Å². The Morgan fingerprint density at radius 2 is 1.77 bits per heavy atom. The number of thiocarbonyl (C=S) groups is 1. The smallest absolute Gasteiger partial charge is 0.247 e. The number of nitrogens with one attached hydrogen (secondary N) is 4. The van der Waals surface area contributed by atoms with Crippen molar-refractivity contribution in [1.29, 1.82) is 0 Å². The molecule has 4 rings (SSSR count). The van der Waals surface area contributed by atoms with Gasteiger partial charge in [0.15, 0.2) is 11.6 Å². The highest BCUT2D eigenvalue weighted by Crippen LogP contribution is 2.23. The van der Waals surface area contributed by atoms with Crippen LogP contribution in [0.5, 0.6) is 5.75 Å². The number of aromatic nitrogens is 2. The van der Waals surface area contributed by atoms with Gasteiger partial charge in [0.2, 0.25) is 11.9 Å². The van der Waals surface area contributed by atoms with E-state index in [1.807, 2.05) is 42.5 Å². The number of ether oxygens (including phenoxy) is 1. The molecule has 1 aromatic heterocycles. The molecule has 0 fully saturated rings. The summed E-state index contributed by atoms with van der Waals surface area (Å²) in [6, 6.07) is 24.2. The molecule has 1 heterocycles. The predicted octanol–water partition coefficient (Wildman–Crippen LogP) is 6.41. The summed E-state index contributed by atoms with van der Waals surface area (Å²) in [6.45, 7) is 4.62. The Balaban J connectivity index is 1.24. The molecule has 0 saturated carbocycles. The fourth-order valence-electron chi connectivity index (χ4n) is 3.40. The second-order valence-electron chi connectivity index (χ2n) is 8.26. The molecular formula is C29H27FN6O2S2. The largest absolute Gasteiger partial charge is 0.493 e. The first-order chi connectivity index (χ1) is 19.5. The van der Waals surface area contributed by atoms with Crippen LogP contribution in [0.2, 0.25) is 0 Å². The molecule has 0 bridgehead atoms. The van der Waals surface area contributed by atoms with Gasteiger partial charge in [-0.05, 0) is 54.1 Å². The van der Waals surface area contributed by atoms with E-state index in [2.05, 4.69) is 49.9 Å². The van der Waals surface area contributed by atoms with E-state index in [1.54, 1.807) is 24.3 Å². The molecule has 204 valence electrons. The zero-order chi connectivity index (χ0) is 28.2. The third kappa shape index (κ3) is 9.07. The molecule has 0 spiro atoms. The number of anilines is 5. The van der Waals surface area contributed by atoms with Gasteiger partial charge in [-0.1, -0.05) is 67.0 Å². The van der Waals surface area contributed by atoms with Crippen LogP contribution in [0.25, 0.3) is 0 Å². The molecule has 11 heteroatoms. The molecule has 4 N–H and O–H groups in total. The number of amides is 1. The number of carbonyl (C=O) groups is 1. The van der Waals surface area contributed by atoms with Crippen LogP contribution in [0, 0.1) is 5.82 Å². The minimum atomic E-state index is -0.623. The summed E-state index contributed by atoms with van der Waals surface area (Å²) in [7, 11) is 0. The third-order valence-electron chi connectivity index (χ3n) is 5.30. The molecule has 1 amide bonds. The van der Waals surface area contributed by atoms with Crippen molar-refractivity contribution in [3.63, 3.8) is 0 Å². The number of carbonyl (C=O) groups excluding carboxylic acids is 1. The van der Waals surface area contributed by atoms with Crippen molar-refractivity contribution >= 4 is 63.0 Å². The summed E-state index contributed by atoms with van der Waals surface area (Å²) in [4.78, 5) is 19.8. The number of thioether (sulfide) groups is 1.